The van der Waals surface area contributed by atoms with E-state index in [0.717, 1.165) is 17.7 Å². The van der Waals surface area contributed by atoms with Gasteiger partial charge in [-0.15, -0.1) is 0 Å². The average Bonchev–Trinajstić information content (AvgIpc) is 2.40. The molecule has 2 aromatic heterocycles. The molecule has 0 bridgehead atoms. The molecule has 3 nitrogen and oxygen atoms in total. The second-order valence-electron chi connectivity index (χ2n) is 4.02. The monoisotopic (exact) mass is 228 g/mol. The first-order chi connectivity index (χ1) is 8.29. The second-order valence-corrected chi connectivity index (χ2v) is 4.02. The van der Waals surface area contributed by atoms with Gasteiger partial charge in [-0.3, -0.25) is 9.97 Å². The van der Waals surface area contributed by atoms with Crippen LogP contribution in [0.5, 0.6) is 0 Å². The van der Waals surface area contributed by atoms with Crippen LogP contribution in [0, 0.1) is 0 Å². The number of nitrogens with zero attached hydrogens (tertiary/aromatic N) is 2. The zero-order valence-corrected chi connectivity index (χ0v) is 9.87. The third kappa shape index (κ3) is 3.11. The predicted octanol–water partition coefficient (Wildman–Crippen LogP) is 2.32. The van der Waals surface area contributed by atoms with Crippen molar-refractivity contribution in [2.24, 2.45) is 0 Å². The van der Waals surface area contributed by atoms with Gasteiger partial charge in [0, 0.05) is 30.7 Å². The first kappa shape index (κ1) is 11.7. The van der Waals surface area contributed by atoms with E-state index in [0.29, 0.717) is 6.42 Å². The van der Waals surface area contributed by atoms with Gasteiger partial charge >= 0.3 is 0 Å². The van der Waals surface area contributed by atoms with Crippen LogP contribution in [0.3, 0.4) is 0 Å². The van der Waals surface area contributed by atoms with Gasteiger partial charge in [0.05, 0.1) is 6.10 Å². The summed E-state index contributed by atoms with van der Waals surface area (Å²) in [5, 5.41) is 10.0. The average molecular weight is 228 g/mol. The van der Waals surface area contributed by atoms with Crippen LogP contribution < -0.4 is 0 Å². The van der Waals surface area contributed by atoms with Crippen molar-refractivity contribution >= 4 is 0 Å². The van der Waals surface area contributed by atoms with Crippen LogP contribution in [0.2, 0.25) is 0 Å². The van der Waals surface area contributed by atoms with E-state index in [1.807, 2.05) is 24.4 Å². The van der Waals surface area contributed by atoms with Crippen molar-refractivity contribution in [1.82, 2.24) is 9.97 Å². The third-order valence-corrected chi connectivity index (χ3v) is 2.77. The molecule has 0 fully saturated rings. The van der Waals surface area contributed by atoms with E-state index in [-0.39, 0.29) is 0 Å². The number of aromatic nitrogens is 2. The normalized spacial score (nSPS) is 12.4. The number of aliphatic hydroxyl groups is 1. The van der Waals surface area contributed by atoms with E-state index in [1.165, 1.54) is 5.56 Å². The highest BCUT2D eigenvalue weighted by Crippen LogP contribution is 2.16. The summed E-state index contributed by atoms with van der Waals surface area (Å²) in [6.07, 6.45) is 6.22. The highest BCUT2D eigenvalue weighted by molar-refractivity contribution is 5.18. The largest absolute Gasteiger partial charge is 0.388 e. The number of rotatable bonds is 4. The maximum atomic E-state index is 10.0. The van der Waals surface area contributed by atoms with Gasteiger partial charge in [0.1, 0.15) is 0 Å². The predicted molar refractivity (Wildman–Crippen MR) is 66.5 cm³/mol. The summed E-state index contributed by atoms with van der Waals surface area (Å²) in [5.74, 6) is 0. The van der Waals surface area contributed by atoms with E-state index in [1.54, 1.807) is 12.4 Å². The molecule has 2 aromatic rings. The Morgan fingerprint density at radius 3 is 2.71 bits per heavy atom. The molecule has 0 aliphatic rings. The minimum absolute atomic E-state index is 0.523. The molecule has 0 amide bonds. The van der Waals surface area contributed by atoms with Crippen molar-refractivity contribution in [3.63, 3.8) is 0 Å². The van der Waals surface area contributed by atoms with Crippen LogP contribution in [0.4, 0.5) is 0 Å². The smallest absolute Gasteiger partial charge is 0.0860 e. The Hall–Kier alpha value is -1.74. The van der Waals surface area contributed by atoms with Gasteiger partial charge in [-0.1, -0.05) is 19.1 Å². The topological polar surface area (TPSA) is 46.0 Å². The highest BCUT2D eigenvalue weighted by Gasteiger charge is 2.09. The number of hydrogen-bond donors (Lipinski definition) is 1. The molecule has 0 aromatic carbocycles. The zero-order valence-electron chi connectivity index (χ0n) is 9.87. The van der Waals surface area contributed by atoms with E-state index < -0.39 is 6.10 Å². The summed E-state index contributed by atoms with van der Waals surface area (Å²) in [7, 11) is 0. The summed E-state index contributed by atoms with van der Waals surface area (Å²) in [6.45, 7) is 2.10. The Bertz CT molecular complexity index is 453. The molecule has 1 unspecified atom stereocenters. The molecule has 1 atom stereocenters. The Kier molecular flexibility index (Phi) is 3.83. The van der Waals surface area contributed by atoms with Gasteiger partial charge in [0.2, 0.25) is 0 Å². The standard InChI is InChI=1S/C14H16N2O/c1-2-11-5-6-13(16-9-11)8-14(17)12-4-3-7-15-10-12/h3-7,9-10,14,17H,2,8H2,1H3. The van der Waals surface area contributed by atoms with Crippen LogP contribution in [0.1, 0.15) is 29.8 Å². The van der Waals surface area contributed by atoms with Crippen LogP contribution in [0.25, 0.3) is 0 Å². The van der Waals surface area contributed by atoms with Gasteiger partial charge in [-0.25, -0.2) is 0 Å². The van der Waals surface area contributed by atoms with Crippen LogP contribution in [-0.2, 0) is 12.8 Å². The number of hydrogen-bond acceptors (Lipinski definition) is 3. The lowest BCUT2D eigenvalue weighted by atomic mass is 10.1. The van der Waals surface area contributed by atoms with Crippen molar-refractivity contribution in [3.8, 4) is 0 Å². The number of aryl methyl sites for hydroxylation is 1. The van der Waals surface area contributed by atoms with Gasteiger partial charge in [0.25, 0.3) is 0 Å². The Morgan fingerprint density at radius 1 is 1.24 bits per heavy atom. The molecule has 3 heteroatoms. The number of pyridine rings is 2. The van der Waals surface area contributed by atoms with Crippen molar-refractivity contribution in [2.75, 3.05) is 0 Å². The minimum atomic E-state index is -0.538. The van der Waals surface area contributed by atoms with Gasteiger partial charge in [-0.2, -0.15) is 0 Å². The molecular weight excluding hydrogens is 212 g/mol. The lowest BCUT2D eigenvalue weighted by molar-refractivity contribution is 0.177. The molecule has 0 spiro atoms. The van der Waals surface area contributed by atoms with Crippen molar-refractivity contribution in [1.29, 1.82) is 0 Å². The lowest BCUT2D eigenvalue weighted by Crippen LogP contribution is -2.03. The number of aliphatic hydroxyl groups excluding tert-OH is 1. The van der Waals surface area contributed by atoms with E-state index in [4.69, 9.17) is 0 Å². The summed E-state index contributed by atoms with van der Waals surface area (Å²) in [4.78, 5) is 8.33. The molecule has 0 aliphatic heterocycles. The first-order valence-corrected chi connectivity index (χ1v) is 5.81. The van der Waals surface area contributed by atoms with Crippen LogP contribution in [-0.4, -0.2) is 15.1 Å². The van der Waals surface area contributed by atoms with Crippen molar-refractivity contribution < 1.29 is 5.11 Å². The molecule has 2 heterocycles. The Morgan fingerprint density at radius 2 is 2.12 bits per heavy atom. The van der Waals surface area contributed by atoms with E-state index >= 15 is 0 Å². The minimum Gasteiger partial charge on any atom is -0.388 e. The lowest BCUT2D eigenvalue weighted by Gasteiger charge is -2.10. The van der Waals surface area contributed by atoms with E-state index in [9.17, 15) is 5.11 Å². The summed E-state index contributed by atoms with van der Waals surface area (Å²) in [5.41, 5.74) is 2.94. The fourth-order valence-electron chi connectivity index (χ4n) is 1.67. The van der Waals surface area contributed by atoms with Gasteiger partial charge in [0.15, 0.2) is 0 Å². The molecule has 0 saturated carbocycles. The first-order valence-electron chi connectivity index (χ1n) is 5.81. The summed E-state index contributed by atoms with van der Waals surface area (Å²) < 4.78 is 0. The van der Waals surface area contributed by atoms with Gasteiger partial charge < -0.3 is 5.11 Å². The molecule has 0 aliphatic carbocycles. The molecule has 0 saturated heterocycles. The van der Waals surface area contributed by atoms with Crippen LogP contribution >= 0.6 is 0 Å². The summed E-state index contributed by atoms with van der Waals surface area (Å²) in [6, 6.07) is 7.72. The SMILES string of the molecule is CCc1ccc(CC(O)c2cccnc2)nc1. The molecule has 88 valence electrons. The third-order valence-electron chi connectivity index (χ3n) is 2.77. The van der Waals surface area contributed by atoms with Crippen molar-refractivity contribution in [2.45, 2.75) is 25.9 Å². The highest BCUT2D eigenvalue weighted by atomic mass is 16.3. The van der Waals surface area contributed by atoms with Crippen molar-refractivity contribution in [3.05, 3.63) is 59.7 Å². The quantitative estimate of drug-likeness (QED) is 0.873. The maximum Gasteiger partial charge on any atom is 0.0860 e. The Labute approximate surface area is 101 Å². The Balaban J connectivity index is 2.05. The molecule has 0 radical (unpaired) electrons. The van der Waals surface area contributed by atoms with Crippen LogP contribution in [0.15, 0.2) is 42.9 Å². The second kappa shape index (κ2) is 5.55. The molecular formula is C14H16N2O. The maximum absolute atomic E-state index is 10.0. The molecule has 1 N–H and O–H groups in total. The van der Waals surface area contributed by atoms with Gasteiger partial charge in [-0.05, 0) is 29.7 Å². The zero-order chi connectivity index (χ0) is 12.1. The van der Waals surface area contributed by atoms with E-state index in [2.05, 4.69) is 23.0 Å². The molecule has 2 rings (SSSR count). The fourth-order valence-corrected chi connectivity index (χ4v) is 1.67. The fraction of sp³-hybridized carbons (Fsp3) is 0.286. The summed E-state index contributed by atoms with van der Waals surface area (Å²) >= 11 is 0. The molecule has 17 heavy (non-hydrogen) atoms.